The van der Waals surface area contributed by atoms with Crippen molar-refractivity contribution in [3.05, 3.63) is 36.2 Å². The number of carbonyl (C=O) groups is 1. The van der Waals surface area contributed by atoms with E-state index in [0.29, 0.717) is 25.5 Å². The molecule has 4 rings (SSSR count). The number of hydrogen-bond donors (Lipinski definition) is 0. The number of likely N-dealkylation sites (tertiary alicyclic amines) is 1. The number of aromatic nitrogens is 2. The summed E-state index contributed by atoms with van der Waals surface area (Å²) in [7, 11) is 0. The molecular formula is C17H19N3O3. The Kier molecular flexibility index (Phi) is 3.93. The normalized spacial score (nSPS) is 22.6. The third-order valence-corrected chi connectivity index (χ3v) is 4.44. The van der Waals surface area contributed by atoms with Crippen molar-refractivity contribution in [2.24, 2.45) is 0 Å². The molecule has 2 aromatic rings. The molecule has 1 unspecified atom stereocenters. The van der Waals surface area contributed by atoms with Gasteiger partial charge in [-0.1, -0.05) is 12.1 Å². The molecule has 1 amide bonds. The highest BCUT2D eigenvalue weighted by atomic mass is 16.7. The number of para-hydroxylation sites is 2. The Balaban J connectivity index is 1.62. The maximum absolute atomic E-state index is 12.9. The zero-order chi connectivity index (χ0) is 15.6. The second-order valence-electron chi connectivity index (χ2n) is 5.92. The van der Waals surface area contributed by atoms with Gasteiger partial charge in [0.15, 0.2) is 6.29 Å². The zero-order valence-electron chi connectivity index (χ0n) is 12.9. The van der Waals surface area contributed by atoms with Gasteiger partial charge in [0.25, 0.3) is 5.91 Å². The predicted octanol–water partition coefficient (Wildman–Crippen LogP) is 2.00. The van der Waals surface area contributed by atoms with Gasteiger partial charge in [-0.15, -0.1) is 0 Å². The highest BCUT2D eigenvalue weighted by Crippen LogP contribution is 2.25. The molecule has 0 radical (unpaired) electrons. The molecule has 0 bridgehead atoms. The minimum Gasteiger partial charge on any atom is -0.348 e. The highest BCUT2D eigenvalue weighted by molar-refractivity contribution is 5.94. The molecule has 2 aliphatic rings. The Bertz CT molecular complexity index is 715. The molecule has 2 aliphatic heterocycles. The van der Waals surface area contributed by atoms with E-state index in [-0.39, 0.29) is 18.2 Å². The van der Waals surface area contributed by atoms with E-state index in [2.05, 4.69) is 9.97 Å². The summed E-state index contributed by atoms with van der Waals surface area (Å²) < 4.78 is 11.3. The van der Waals surface area contributed by atoms with Gasteiger partial charge in [-0.25, -0.2) is 4.98 Å². The summed E-state index contributed by atoms with van der Waals surface area (Å²) in [5, 5.41) is 0. The van der Waals surface area contributed by atoms with Gasteiger partial charge in [-0.3, -0.25) is 9.78 Å². The van der Waals surface area contributed by atoms with Crippen LogP contribution in [0.2, 0.25) is 0 Å². The van der Waals surface area contributed by atoms with Crippen molar-refractivity contribution in [3.63, 3.8) is 0 Å². The van der Waals surface area contributed by atoms with Crippen LogP contribution in [0, 0.1) is 0 Å². The van der Waals surface area contributed by atoms with E-state index in [1.54, 1.807) is 6.20 Å². The quantitative estimate of drug-likeness (QED) is 0.848. The van der Waals surface area contributed by atoms with Crippen molar-refractivity contribution >= 4 is 16.9 Å². The van der Waals surface area contributed by atoms with E-state index >= 15 is 0 Å². The van der Waals surface area contributed by atoms with Crippen LogP contribution in [0.4, 0.5) is 0 Å². The van der Waals surface area contributed by atoms with Crippen molar-refractivity contribution < 1.29 is 14.3 Å². The average Bonchev–Trinajstić information content (AvgIpc) is 3.15. The Morgan fingerprint density at radius 2 is 1.91 bits per heavy atom. The van der Waals surface area contributed by atoms with Gasteiger partial charge in [-0.2, -0.15) is 0 Å². The number of carbonyl (C=O) groups excluding carboxylic acids is 1. The third kappa shape index (κ3) is 2.80. The highest BCUT2D eigenvalue weighted by Gasteiger charge is 2.37. The molecule has 3 heterocycles. The topological polar surface area (TPSA) is 64.6 Å². The number of fused-ring (bicyclic) bond motifs is 1. The molecule has 0 aliphatic carbocycles. The second kappa shape index (κ2) is 6.22. The zero-order valence-corrected chi connectivity index (χ0v) is 12.9. The van der Waals surface area contributed by atoms with E-state index in [4.69, 9.17) is 9.47 Å². The summed E-state index contributed by atoms with van der Waals surface area (Å²) in [6.45, 7) is 1.90. The van der Waals surface area contributed by atoms with Crippen LogP contribution in [0.15, 0.2) is 30.5 Å². The molecule has 1 atom stereocenters. The van der Waals surface area contributed by atoms with E-state index in [0.717, 1.165) is 30.3 Å². The van der Waals surface area contributed by atoms with Gasteiger partial charge >= 0.3 is 0 Å². The lowest BCUT2D eigenvalue weighted by molar-refractivity contribution is -0.100. The first-order valence-corrected chi connectivity index (χ1v) is 8.09. The molecular weight excluding hydrogens is 294 g/mol. The SMILES string of the molecule is O=C(c1cnc2ccccc2n1)N1CCCCC1C1OCCO1. The number of amides is 1. The number of hydrogen-bond acceptors (Lipinski definition) is 5. The Morgan fingerprint density at radius 3 is 2.74 bits per heavy atom. The van der Waals surface area contributed by atoms with Gasteiger partial charge in [0.2, 0.25) is 0 Å². The fraction of sp³-hybridized carbons (Fsp3) is 0.471. The Hall–Kier alpha value is -2.05. The minimum absolute atomic E-state index is 0.0352. The summed E-state index contributed by atoms with van der Waals surface area (Å²) in [6.07, 6.45) is 4.23. The lowest BCUT2D eigenvalue weighted by Gasteiger charge is -2.37. The summed E-state index contributed by atoms with van der Waals surface area (Å²) in [5.74, 6) is -0.0907. The average molecular weight is 313 g/mol. The molecule has 23 heavy (non-hydrogen) atoms. The van der Waals surface area contributed by atoms with Gasteiger partial charge in [0.05, 0.1) is 36.5 Å². The van der Waals surface area contributed by atoms with Crippen molar-refractivity contribution in [1.82, 2.24) is 14.9 Å². The standard InChI is InChI=1S/C17H19N3O3/c21-16(14-11-18-12-5-1-2-6-13(12)19-14)20-8-4-3-7-15(20)17-22-9-10-23-17/h1-2,5-6,11,15,17H,3-4,7-10H2. The van der Waals surface area contributed by atoms with Gasteiger partial charge in [0, 0.05) is 6.54 Å². The van der Waals surface area contributed by atoms with Crippen molar-refractivity contribution in [2.75, 3.05) is 19.8 Å². The van der Waals surface area contributed by atoms with E-state index in [1.807, 2.05) is 29.2 Å². The lowest BCUT2D eigenvalue weighted by Crippen LogP contribution is -2.50. The molecule has 0 saturated carbocycles. The smallest absolute Gasteiger partial charge is 0.274 e. The molecule has 0 N–H and O–H groups in total. The van der Waals surface area contributed by atoms with Crippen LogP contribution < -0.4 is 0 Å². The maximum Gasteiger partial charge on any atom is 0.274 e. The van der Waals surface area contributed by atoms with Crippen LogP contribution in [0.3, 0.4) is 0 Å². The summed E-state index contributed by atoms with van der Waals surface area (Å²) in [6, 6.07) is 7.53. The number of nitrogens with zero attached hydrogens (tertiary/aromatic N) is 3. The molecule has 2 fully saturated rings. The van der Waals surface area contributed by atoms with Crippen LogP contribution in [0.5, 0.6) is 0 Å². The maximum atomic E-state index is 12.9. The summed E-state index contributed by atoms with van der Waals surface area (Å²) in [4.78, 5) is 23.6. The fourth-order valence-corrected chi connectivity index (χ4v) is 3.30. The van der Waals surface area contributed by atoms with E-state index < -0.39 is 0 Å². The number of piperidine rings is 1. The molecule has 6 nitrogen and oxygen atoms in total. The van der Waals surface area contributed by atoms with Crippen molar-refractivity contribution in [2.45, 2.75) is 31.6 Å². The lowest BCUT2D eigenvalue weighted by atomic mass is 10.0. The first kappa shape index (κ1) is 14.5. The van der Waals surface area contributed by atoms with Crippen LogP contribution in [0.1, 0.15) is 29.8 Å². The van der Waals surface area contributed by atoms with Gasteiger partial charge < -0.3 is 14.4 Å². The van der Waals surface area contributed by atoms with Crippen LogP contribution in [-0.4, -0.2) is 52.9 Å². The van der Waals surface area contributed by atoms with Gasteiger partial charge in [-0.05, 0) is 31.4 Å². The monoisotopic (exact) mass is 313 g/mol. The minimum atomic E-state index is -0.312. The van der Waals surface area contributed by atoms with E-state index in [1.165, 1.54) is 0 Å². The fourth-order valence-electron chi connectivity index (χ4n) is 3.30. The summed E-state index contributed by atoms with van der Waals surface area (Å²) >= 11 is 0. The second-order valence-corrected chi connectivity index (χ2v) is 5.92. The Labute approximate surface area is 134 Å². The number of rotatable bonds is 2. The van der Waals surface area contributed by atoms with Crippen molar-refractivity contribution in [1.29, 1.82) is 0 Å². The molecule has 0 spiro atoms. The molecule has 1 aromatic heterocycles. The predicted molar refractivity (Wildman–Crippen MR) is 83.9 cm³/mol. The van der Waals surface area contributed by atoms with Crippen LogP contribution in [-0.2, 0) is 9.47 Å². The van der Waals surface area contributed by atoms with Crippen LogP contribution >= 0.6 is 0 Å². The van der Waals surface area contributed by atoms with E-state index in [9.17, 15) is 4.79 Å². The van der Waals surface area contributed by atoms with Gasteiger partial charge in [0.1, 0.15) is 5.69 Å². The molecule has 1 aromatic carbocycles. The molecule has 6 heteroatoms. The first-order valence-electron chi connectivity index (χ1n) is 8.09. The Morgan fingerprint density at radius 1 is 1.13 bits per heavy atom. The molecule has 120 valence electrons. The third-order valence-electron chi connectivity index (χ3n) is 4.44. The first-order chi connectivity index (χ1) is 11.3. The van der Waals surface area contributed by atoms with Crippen molar-refractivity contribution in [3.8, 4) is 0 Å². The van der Waals surface area contributed by atoms with Crippen LogP contribution in [0.25, 0.3) is 11.0 Å². The number of benzene rings is 1. The summed E-state index contributed by atoms with van der Waals surface area (Å²) in [5.41, 5.74) is 1.91. The molecule has 2 saturated heterocycles. The number of ether oxygens (including phenoxy) is 2. The largest absolute Gasteiger partial charge is 0.348 e.